The van der Waals surface area contributed by atoms with E-state index >= 15 is 0 Å². The third kappa shape index (κ3) is 5.09. The maximum absolute atomic E-state index is 13.0. The molecule has 0 spiro atoms. The van der Waals surface area contributed by atoms with Gasteiger partial charge in [0.25, 0.3) is 0 Å². The highest BCUT2D eigenvalue weighted by molar-refractivity contribution is 7.91. The summed E-state index contributed by atoms with van der Waals surface area (Å²) in [6.07, 6.45) is 0.474. The average Bonchev–Trinajstić information content (AvgIpc) is 2.74. The van der Waals surface area contributed by atoms with Crippen LogP contribution in [0.3, 0.4) is 0 Å². The second-order valence-electron chi connectivity index (χ2n) is 6.77. The van der Waals surface area contributed by atoms with E-state index in [9.17, 15) is 21.6 Å². The normalized spacial score (nSPS) is 19.1. The monoisotopic (exact) mass is 455 g/mol. The Morgan fingerprint density at radius 1 is 1.00 bits per heavy atom. The van der Waals surface area contributed by atoms with Crippen molar-refractivity contribution in [2.24, 2.45) is 5.73 Å². The molecule has 3 rings (SSSR count). The van der Waals surface area contributed by atoms with Crippen LogP contribution in [0.5, 0.6) is 17.2 Å². The van der Waals surface area contributed by atoms with E-state index in [0.29, 0.717) is 22.8 Å². The summed E-state index contributed by atoms with van der Waals surface area (Å²) in [7, 11) is -3.56. The Kier molecular flexibility index (Phi) is 6.44. The zero-order chi connectivity index (χ0) is 22.7. The van der Waals surface area contributed by atoms with Gasteiger partial charge in [-0.1, -0.05) is 6.08 Å². The molecule has 1 unspecified atom stereocenters. The van der Waals surface area contributed by atoms with Crippen molar-refractivity contribution in [3.8, 4) is 17.2 Å². The molecule has 6 nitrogen and oxygen atoms in total. The zero-order valence-corrected chi connectivity index (χ0v) is 17.5. The van der Waals surface area contributed by atoms with Gasteiger partial charge >= 0.3 is 16.4 Å². The lowest BCUT2D eigenvalue weighted by Gasteiger charge is -2.34. The van der Waals surface area contributed by atoms with E-state index < -0.39 is 16.4 Å². The molecule has 2 aromatic rings. The van der Waals surface area contributed by atoms with E-state index in [1.807, 2.05) is 6.08 Å². The molecule has 1 aliphatic heterocycles. The van der Waals surface area contributed by atoms with Gasteiger partial charge < -0.3 is 15.2 Å². The van der Waals surface area contributed by atoms with Crippen molar-refractivity contribution in [3.63, 3.8) is 0 Å². The highest BCUT2D eigenvalue weighted by Gasteiger charge is 2.42. The Morgan fingerprint density at radius 2 is 1.55 bits per heavy atom. The highest BCUT2D eigenvalue weighted by Crippen LogP contribution is 2.35. The second kappa shape index (κ2) is 8.74. The van der Waals surface area contributed by atoms with E-state index in [4.69, 9.17) is 10.5 Å². The maximum atomic E-state index is 13.0. The molecule has 0 fully saturated rings. The summed E-state index contributed by atoms with van der Waals surface area (Å²) in [5, 5.41) is 0. The van der Waals surface area contributed by atoms with Crippen molar-refractivity contribution in [3.05, 3.63) is 72.5 Å². The van der Waals surface area contributed by atoms with Crippen LogP contribution in [0.15, 0.2) is 72.5 Å². The van der Waals surface area contributed by atoms with Crippen molar-refractivity contribution in [1.29, 1.82) is 0 Å². The van der Waals surface area contributed by atoms with Crippen LogP contribution >= 0.6 is 0 Å². The van der Waals surface area contributed by atoms with Gasteiger partial charge in [-0.3, -0.25) is 0 Å². The number of hydrogen-bond acceptors (Lipinski definition) is 5. The van der Waals surface area contributed by atoms with Crippen LogP contribution in [-0.4, -0.2) is 33.6 Å². The molecule has 0 amide bonds. The molecule has 0 aromatic heterocycles. The lowest BCUT2D eigenvalue weighted by atomic mass is 10.2. The Balaban J connectivity index is 1.84. The van der Waals surface area contributed by atoms with Crippen molar-refractivity contribution in [2.75, 3.05) is 18.8 Å². The van der Waals surface area contributed by atoms with E-state index in [-0.39, 0.29) is 28.5 Å². The molecular weight excluding hydrogens is 433 g/mol. The van der Waals surface area contributed by atoms with Crippen LogP contribution < -0.4 is 19.1 Å². The predicted molar refractivity (Wildman–Crippen MR) is 112 cm³/mol. The Hall–Kier alpha value is -2.82. The van der Waals surface area contributed by atoms with Gasteiger partial charge in [0, 0.05) is 24.3 Å². The number of alkyl halides is 3. The molecule has 0 saturated carbocycles. The van der Waals surface area contributed by atoms with E-state index in [1.54, 1.807) is 43.5 Å². The minimum absolute atomic E-state index is 0.0558. The molecule has 1 aliphatic rings. The lowest BCUT2D eigenvalue weighted by Crippen LogP contribution is -2.51. The van der Waals surface area contributed by atoms with E-state index in [2.05, 4.69) is 4.74 Å². The van der Waals surface area contributed by atoms with Gasteiger partial charge in [-0.05, 0) is 49.4 Å². The summed E-state index contributed by atoms with van der Waals surface area (Å²) in [5.41, 5.74) is 6.97. The Morgan fingerprint density at radius 3 is 2.06 bits per heavy atom. The number of quaternary nitrogens is 1. The maximum Gasteiger partial charge on any atom is 0.573 e. The third-order valence-electron chi connectivity index (χ3n) is 4.75. The van der Waals surface area contributed by atoms with E-state index in [1.165, 1.54) is 12.1 Å². The number of halogens is 3. The predicted octanol–water partition coefficient (Wildman–Crippen LogP) is 4.45. The van der Waals surface area contributed by atoms with Crippen LogP contribution in [0.25, 0.3) is 0 Å². The SMILES string of the molecule is CCS(=O)(=O)[N+]1(c2ccc(Oc3ccc(OC(F)(F)F)cc3)cc2)C=C(CN)C=CC1. The molecular formula is C21H22F3N2O4S+. The minimum atomic E-state index is -4.77. The van der Waals surface area contributed by atoms with Crippen molar-refractivity contribution < 1.29 is 31.1 Å². The summed E-state index contributed by atoms with van der Waals surface area (Å²) >= 11 is 0. The molecule has 166 valence electrons. The smallest absolute Gasteiger partial charge is 0.457 e. The first-order chi connectivity index (χ1) is 14.6. The largest absolute Gasteiger partial charge is 0.573 e. The number of rotatable bonds is 7. The van der Waals surface area contributed by atoms with E-state index in [0.717, 1.165) is 12.1 Å². The van der Waals surface area contributed by atoms with Crippen LogP contribution in [0, 0.1) is 0 Å². The van der Waals surface area contributed by atoms with Crippen LogP contribution in [0.2, 0.25) is 0 Å². The fourth-order valence-corrected chi connectivity index (χ4v) is 4.73. The molecule has 0 saturated heterocycles. The third-order valence-corrected chi connectivity index (χ3v) is 6.93. The van der Waals surface area contributed by atoms with Crippen molar-refractivity contribution >= 4 is 15.7 Å². The Labute approximate surface area is 178 Å². The topological polar surface area (TPSA) is 78.6 Å². The van der Waals surface area contributed by atoms with Gasteiger partial charge in [0.1, 0.15) is 30.0 Å². The van der Waals surface area contributed by atoms with Crippen LogP contribution in [0.1, 0.15) is 6.92 Å². The quantitative estimate of drug-likeness (QED) is 0.625. The fourth-order valence-electron chi connectivity index (χ4n) is 3.22. The molecule has 2 aromatic carbocycles. The van der Waals surface area contributed by atoms with Gasteiger partial charge in [0.2, 0.25) is 0 Å². The molecule has 1 atom stereocenters. The summed E-state index contributed by atoms with van der Waals surface area (Å²) < 4.78 is 71.8. The minimum Gasteiger partial charge on any atom is -0.457 e. The van der Waals surface area contributed by atoms with Gasteiger partial charge in [-0.15, -0.1) is 13.2 Å². The molecule has 1 heterocycles. The summed E-state index contributed by atoms with van der Waals surface area (Å²) in [4.78, 5) is 0. The first kappa shape index (κ1) is 22.9. The number of hydrogen-bond donors (Lipinski definition) is 1. The van der Waals surface area contributed by atoms with Crippen molar-refractivity contribution in [1.82, 2.24) is 3.89 Å². The molecule has 31 heavy (non-hydrogen) atoms. The number of benzene rings is 2. The standard InChI is InChI=1S/C21H22F3N2O4S/c1-2-31(27,28)26(13-3-4-16(14-25)15-26)17-5-7-18(8-6-17)29-19-9-11-20(12-10-19)30-21(22,23)24/h3-12,15H,2,13-14,25H2,1H3/q+1. The van der Waals surface area contributed by atoms with Crippen LogP contribution in [0.4, 0.5) is 18.9 Å². The summed E-state index contributed by atoms with van der Waals surface area (Å²) in [6, 6.07) is 11.5. The molecule has 10 heteroatoms. The first-order valence-corrected chi connectivity index (χ1v) is 11.0. The Bertz CT molecular complexity index is 1080. The fraction of sp³-hybridized carbons (Fsp3) is 0.238. The summed E-state index contributed by atoms with van der Waals surface area (Å²) in [6.45, 7) is 2.04. The number of nitrogens with zero attached hydrogens (tertiary/aromatic N) is 1. The van der Waals surface area contributed by atoms with Gasteiger partial charge in [0.05, 0.1) is 5.75 Å². The molecule has 2 N–H and O–H groups in total. The first-order valence-electron chi connectivity index (χ1n) is 9.42. The van der Waals surface area contributed by atoms with Gasteiger partial charge in [-0.25, -0.2) is 0 Å². The number of nitrogens with two attached hydrogens (primary N) is 1. The highest BCUT2D eigenvalue weighted by atomic mass is 32.2. The molecule has 0 bridgehead atoms. The van der Waals surface area contributed by atoms with Crippen LogP contribution in [-0.2, 0) is 10.0 Å². The summed E-state index contributed by atoms with van der Waals surface area (Å²) in [5.74, 6) is 0.293. The molecule has 0 aliphatic carbocycles. The zero-order valence-electron chi connectivity index (χ0n) is 16.7. The van der Waals surface area contributed by atoms with Gasteiger partial charge in [0.15, 0.2) is 5.69 Å². The lowest BCUT2D eigenvalue weighted by molar-refractivity contribution is -0.274. The second-order valence-corrected chi connectivity index (χ2v) is 9.17. The number of ether oxygens (including phenoxy) is 2. The number of sulfonamides is 1. The average molecular weight is 455 g/mol. The molecule has 0 radical (unpaired) electrons. The van der Waals surface area contributed by atoms with Crippen molar-refractivity contribution in [2.45, 2.75) is 13.3 Å². The van der Waals surface area contributed by atoms with Gasteiger partial charge in [-0.2, -0.15) is 12.3 Å².